The second-order valence-corrected chi connectivity index (χ2v) is 5.82. The van der Waals surface area contributed by atoms with Gasteiger partial charge in [-0.3, -0.25) is 4.55 Å². The zero-order valence-corrected chi connectivity index (χ0v) is 13.0. The molecule has 0 aromatic carbocycles. The minimum absolute atomic E-state index is 0.715. The van der Waals surface area contributed by atoms with Crippen LogP contribution < -0.4 is 0 Å². The summed E-state index contributed by atoms with van der Waals surface area (Å²) in [5.74, 6) is 0. The first kappa shape index (κ1) is 18.5. The Bertz CT molecular complexity index is 420. The summed E-state index contributed by atoms with van der Waals surface area (Å²) in [4.78, 5) is 10.9. The number of aromatic nitrogens is 2. The molecule has 1 aliphatic rings. The van der Waals surface area contributed by atoms with E-state index in [1.165, 1.54) is 19.4 Å². The third-order valence-electron chi connectivity index (χ3n) is 2.14. The maximum Gasteiger partial charge on any atom is 0.261 e. The minimum Gasteiger partial charge on any atom is -0.362 e. The van der Waals surface area contributed by atoms with E-state index in [9.17, 15) is 8.42 Å². The van der Waals surface area contributed by atoms with Crippen molar-refractivity contribution in [3.8, 4) is 0 Å². The number of rotatable bonds is 3. The average Bonchev–Trinajstić information content (AvgIpc) is 2.98. The highest BCUT2D eigenvalue weighted by atomic mass is 32.2. The SMILES string of the molecule is CCCCN1C=CN(C)C1.CS(=O)(=O)O.c1c[nH]cn1. The van der Waals surface area contributed by atoms with E-state index in [1.807, 2.05) is 0 Å². The molecule has 116 valence electrons. The largest absolute Gasteiger partial charge is 0.362 e. The Morgan fingerprint density at radius 1 is 1.40 bits per heavy atom. The summed E-state index contributed by atoms with van der Waals surface area (Å²) >= 11 is 0. The van der Waals surface area contributed by atoms with Gasteiger partial charge >= 0.3 is 0 Å². The highest BCUT2D eigenvalue weighted by molar-refractivity contribution is 7.85. The summed E-state index contributed by atoms with van der Waals surface area (Å²) in [6.45, 7) is 4.50. The fourth-order valence-electron chi connectivity index (χ4n) is 1.31. The van der Waals surface area contributed by atoms with Crippen LogP contribution in [0.3, 0.4) is 0 Å². The molecule has 0 bridgehead atoms. The van der Waals surface area contributed by atoms with Crippen molar-refractivity contribution in [2.75, 3.05) is 26.5 Å². The van der Waals surface area contributed by atoms with Crippen molar-refractivity contribution in [1.82, 2.24) is 19.8 Å². The lowest BCUT2D eigenvalue weighted by atomic mass is 10.3. The number of nitrogens with one attached hydrogen (secondary N) is 1. The van der Waals surface area contributed by atoms with E-state index in [0.29, 0.717) is 6.26 Å². The van der Waals surface area contributed by atoms with E-state index in [0.717, 1.165) is 6.67 Å². The molecule has 0 aliphatic carbocycles. The molecule has 20 heavy (non-hydrogen) atoms. The summed E-state index contributed by atoms with van der Waals surface area (Å²) in [5.41, 5.74) is 0. The molecule has 0 amide bonds. The number of hydrogen-bond donors (Lipinski definition) is 2. The fraction of sp³-hybridized carbons (Fsp3) is 0.583. The highest BCUT2D eigenvalue weighted by Gasteiger charge is 2.05. The maximum absolute atomic E-state index is 9.19. The topological polar surface area (TPSA) is 89.5 Å². The number of unbranched alkanes of at least 4 members (excludes halogenated alkanes) is 1. The van der Waals surface area contributed by atoms with Crippen LogP contribution in [-0.4, -0.2) is 59.3 Å². The molecule has 1 aromatic rings. The van der Waals surface area contributed by atoms with Gasteiger partial charge in [0.2, 0.25) is 0 Å². The Hall–Kier alpha value is -1.54. The normalized spacial score (nSPS) is 13.4. The van der Waals surface area contributed by atoms with Crippen molar-refractivity contribution in [2.24, 2.45) is 0 Å². The first-order valence-corrected chi connectivity index (χ1v) is 8.15. The van der Waals surface area contributed by atoms with Gasteiger partial charge in [-0.05, 0) is 6.42 Å². The van der Waals surface area contributed by atoms with Gasteiger partial charge in [-0.2, -0.15) is 8.42 Å². The van der Waals surface area contributed by atoms with Gasteiger partial charge in [-0.1, -0.05) is 13.3 Å². The van der Waals surface area contributed by atoms with Gasteiger partial charge < -0.3 is 14.8 Å². The molecule has 2 N–H and O–H groups in total. The van der Waals surface area contributed by atoms with Crippen molar-refractivity contribution >= 4 is 10.1 Å². The van der Waals surface area contributed by atoms with E-state index in [1.54, 1.807) is 18.7 Å². The van der Waals surface area contributed by atoms with Crippen LogP contribution in [0.15, 0.2) is 31.1 Å². The Morgan fingerprint density at radius 2 is 2.05 bits per heavy atom. The maximum atomic E-state index is 9.19. The molecule has 2 heterocycles. The summed E-state index contributed by atoms with van der Waals surface area (Å²) in [6.07, 6.45) is 12.7. The third kappa shape index (κ3) is 14.5. The van der Waals surface area contributed by atoms with Gasteiger partial charge in [0.05, 0.1) is 19.3 Å². The van der Waals surface area contributed by atoms with Gasteiger partial charge in [0.15, 0.2) is 0 Å². The van der Waals surface area contributed by atoms with Gasteiger partial charge in [0.1, 0.15) is 0 Å². The van der Waals surface area contributed by atoms with Gasteiger partial charge in [0, 0.05) is 38.4 Å². The summed E-state index contributed by atoms with van der Waals surface area (Å²) in [7, 11) is -1.57. The Labute approximate surface area is 121 Å². The Morgan fingerprint density at radius 3 is 2.35 bits per heavy atom. The van der Waals surface area contributed by atoms with Crippen LogP contribution in [0.2, 0.25) is 0 Å². The number of nitrogens with zero attached hydrogens (tertiary/aromatic N) is 3. The van der Waals surface area contributed by atoms with Crippen molar-refractivity contribution in [2.45, 2.75) is 19.8 Å². The number of imidazole rings is 1. The average molecular weight is 304 g/mol. The molecule has 7 nitrogen and oxygen atoms in total. The lowest BCUT2D eigenvalue weighted by Gasteiger charge is -2.17. The second kappa shape index (κ2) is 10.3. The smallest absolute Gasteiger partial charge is 0.261 e. The molecule has 0 unspecified atom stereocenters. The lowest BCUT2D eigenvalue weighted by Crippen LogP contribution is -2.23. The van der Waals surface area contributed by atoms with Crippen LogP contribution in [0.5, 0.6) is 0 Å². The molecule has 1 aromatic heterocycles. The summed E-state index contributed by atoms with van der Waals surface area (Å²) in [6, 6.07) is 0. The van der Waals surface area contributed by atoms with Crippen molar-refractivity contribution in [3.05, 3.63) is 31.1 Å². The molecule has 0 fully saturated rings. The molecule has 0 saturated heterocycles. The van der Waals surface area contributed by atoms with E-state index in [-0.39, 0.29) is 0 Å². The predicted molar refractivity (Wildman–Crippen MR) is 79.4 cm³/mol. The number of hydrogen-bond acceptors (Lipinski definition) is 5. The summed E-state index contributed by atoms with van der Waals surface area (Å²) in [5, 5.41) is 0. The molecule has 2 rings (SSSR count). The molecular weight excluding hydrogens is 280 g/mol. The summed E-state index contributed by atoms with van der Waals surface area (Å²) < 4.78 is 25.9. The van der Waals surface area contributed by atoms with E-state index < -0.39 is 10.1 Å². The number of H-pyrrole nitrogens is 1. The first-order chi connectivity index (χ1) is 9.33. The molecule has 0 radical (unpaired) electrons. The zero-order chi connectivity index (χ0) is 15.4. The van der Waals surface area contributed by atoms with Crippen LogP contribution in [-0.2, 0) is 10.1 Å². The second-order valence-electron chi connectivity index (χ2n) is 4.36. The molecule has 8 heteroatoms. The van der Waals surface area contributed by atoms with Crippen molar-refractivity contribution in [3.63, 3.8) is 0 Å². The van der Waals surface area contributed by atoms with Crippen LogP contribution in [0.1, 0.15) is 19.8 Å². The highest BCUT2D eigenvalue weighted by Crippen LogP contribution is 2.04. The fourth-order valence-corrected chi connectivity index (χ4v) is 1.31. The molecule has 0 spiro atoms. The van der Waals surface area contributed by atoms with Gasteiger partial charge in [-0.25, -0.2) is 4.98 Å². The first-order valence-electron chi connectivity index (χ1n) is 6.30. The predicted octanol–water partition coefficient (Wildman–Crippen LogP) is 1.38. The van der Waals surface area contributed by atoms with Gasteiger partial charge in [0.25, 0.3) is 10.1 Å². The number of aromatic amines is 1. The zero-order valence-electron chi connectivity index (χ0n) is 12.2. The van der Waals surface area contributed by atoms with Crippen molar-refractivity contribution in [1.29, 1.82) is 0 Å². The monoisotopic (exact) mass is 304 g/mol. The van der Waals surface area contributed by atoms with E-state index in [4.69, 9.17) is 4.55 Å². The third-order valence-corrected chi connectivity index (χ3v) is 2.14. The Kier molecular flexibility index (Phi) is 9.48. The van der Waals surface area contributed by atoms with Crippen LogP contribution in [0.25, 0.3) is 0 Å². The van der Waals surface area contributed by atoms with E-state index in [2.05, 4.69) is 46.1 Å². The molecular formula is C12H24N4O3S. The van der Waals surface area contributed by atoms with Crippen LogP contribution in [0, 0.1) is 0 Å². The molecule has 0 saturated carbocycles. The minimum atomic E-state index is -3.67. The Balaban J connectivity index is 0.000000304. The van der Waals surface area contributed by atoms with Gasteiger partial charge in [-0.15, -0.1) is 0 Å². The van der Waals surface area contributed by atoms with Crippen molar-refractivity contribution < 1.29 is 13.0 Å². The quantitative estimate of drug-likeness (QED) is 0.820. The molecule has 1 aliphatic heterocycles. The van der Waals surface area contributed by atoms with Crippen LogP contribution >= 0.6 is 0 Å². The van der Waals surface area contributed by atoms with E-state index >= 15 is 0 Å². The molecule has 0 atom stereocenters. The standard InChI is InChI=1S/C8H16N2.C3H4N2.CH4O3S/c1-3-4-5-10-7-6-9(2)8-10;1-2-5-3-4-1;1-5(2,3)4/h6-7H,3-5,8H2,1-2H3;1-3H,(H,4,5);1H3,(H,2,3,4). The lowest BCUT2D eigenvalue weighted by molar-refractivity contribution is 0.293. The van der Waals surface area contributed by atoms with Crippen LogP contribution in [0.4, 0.5) is 0 Å².